The van der Waals surface area contributed by atoms with E-state index in [9.17, 15) is 86.9 Å². The van der Waals surface area contributed by atoms with Crippen molar-refractivity contribution in [3.63, 3.8) is 0 Å². The van der Waals surface area contributed by atoms with Crippen LogP contribution in [0.25, 0.3) is 0 Å². The number of nitrogens with one attached hydrogen (secondary N) is 10. The topological polar surface area (TPSA) is 670 Å². The van der Waals surface area contributed by atoms with Crippen LogP contribution in [0.1, 0.15) is 158 Å². The molecule has 28 N–H and O–H groups in total. The molecule has 1 saturated heterocycles. The molecule has 0 aromatic rings. The van der Waals surface area contributed by atoms with Gasteiger partial charge < -0.3 is 114 Å². The first-order valence-electron chi connectivity index (χ1n) is 34.1. The summed E-state index contributed by atoms with van der Waals surface area (Å²) >= 11 is 1.29. The van der Waals surface area contributed by atoms with Crippen molar-refractivity contribution < 1.29 is 86.9 Å². The fraction of sp³-hybridized carbons (Fsp3) is 0.714. The lowest BCUT2D eigenvalue weighted by atomic mass is 9.97. The van der Waals surface area contributed by atoms with Gasteiger partial charge in [0.15, 0.2) is 11.9 Å². The largest absolute Gasteiger partial charge is 0.481 e. The van der Waals surface area contributed by atoms with Gasteiger partial charge in [0.2, 0.25) is 82.7 Å². The summed E-state index contributed by atoms with van der Waals surface area (Å²) in [6.07, 6.45) is -2.14. The summed E-state index contributed by atoms with van der Waals surface area (Å²) in [5.74, 6) is -18.7. The second kappa shape index (κ2) is 46.8. The third-order valence-electron chi connectivity index (χ3n) is 16.2. The fourth-order valence-electron chi connectivity index (χ4n) is 10.6. The number of aliphatic carboxylic acids is 2. The molecule has 0 aromatic carbocycles. The number of nitrogens with two attached hydrogens (primary N) is 8. The molecule has 1 aliphatic heterocycles. The van der Waals surface area contributed by atoms with Crippen molar-refractivity contribution in [2.24, 2.45) is 79.5 Å². The van der Waals surface area contributed by atoms with Gasteiger partial charge in [-0.25, -0.2) is 4.79 Å². The number of aliphatic imine (C=N–C) groups is 2. The number of amides is 14. The minimum Gasteiger partial charge on any atom is -0.481 e. The van der Waals surface area contributed by atoms with Gasteiger partial charge >= 0.3 is 11.9 Å². The predicted molar refractivity (Wildman–Crippen MR) is 379 cm³/mol. The van der Waals surface area contributed by atoms with E-state index in [1.54, 1.807) is 54.7 Å². The molecule has 1 aliphatic rings. The standard InChI is InChI=1S/C63H111N21O18S/c1-10-33(8)49(67)59(99)82-39(25-31(4)5)54(94)76-36(19-23-103-9)52(92)75-35(17-18-48(88)89)51(91)79-40(27-45(64)85)56(96)80-41(28-46(65)86)55(95)78-38(24-30(2)3)53(93)74-34(14-11-20-72-62(68)69)50(90)77-37(15-12-21-73-63(70)71)60(100)84-22-13-16-44(84)58(98)81-42(29-47(66)87)57(97)83-43(61(101)102)26-32(6)7/h30-44,49H,10-29,67H2,1-9H3,(H2,64,85)(H2,65,86)(H2,66,87)(H,74,93)(H,75,92)(H,76,94)(H,77,90)(H,78,95)(H,79,91)(H,80,96)(H,81,98)(H,82,99)(H,83,97)(H,88,89)(H,101,102)(H4,68,69,72)(H4,70,71,73)/t33-,34-,35-,36-,37-,38-,39-,40-,41-,42-,43-,44-,49-/m0/s1. The van der Waals surface area contributed by atoms with Gasteiger partial charge in [-0.2, -0.15) is 11.8 Å². The maximum atomic E-state index is 14.7. The number of rotatable bonds is 50. The highest BCUT2D eigenvalue weighted by atomic mass is 32.2. The number of carboxylic acids is 2. The van der Waals surface area contributed by atoms with Crippen LogP contribution in [0.15, 0.2) is 9.98 Å². The molecule has 0 aromatic heterocycles. The Balaban J connectivity index is 3.77. The average molecular weight is 1480 g/mol. The summed E-state index contributed by atoms with van der Waals surface area (Å²) in [6.45, 7) is 13.7. The lowest BCUT2D eigenvalue weighted by molar-refractivity contribution is -0.144. The van der Waals surface area contributed by atoms with E-state index in [2.05, 4.69) is 63.2 Å². The molecular weight excluding hydrogens is 1370 g/mol. The quantitative estimate of drug-likeness (QED) is 0.0153. The van der Waals surface area contributed by atoms with Crippen LogP contribution in [0.2, 0.25) is 0 Å². The summed E-state index contributed by atoms with van der Waals surface area (Å²) in [6, 6.07) is -18.4. The molecular formula is C63H111N21O18S. The molecule has 1 heterocycles. The number of hydrogen-bond acceptors (Lipinski definition) is 20. The Labute approximate surface area is 602 Å². The molecule has 0 bridgehead atoms. The Morgan fingerprint density at radius 1 is 0.456 bits per heavy atom. The highest BCUT2D eigenvalue weighted by Crippen LogP contribution is 2.22. The molecule has 0 radical (unpaired) electrons. The van der Waals surface area contributed by atoms with Gasteiger partial charge in [-0.1, -0.05) is 61.8 Å². The first-order chi connectivity index (χ1) is 48.1. The second-order valence-corrected chi connectivity index (χ2v) is 27.5. The van der Waals surface area contributed by atoms with Crippen LogP contribution in [0.3, 0.4) is 0 Å². The van der Waals surface area contributed by atoms with Gasteiger partial charge in [0.25, 0.3) is 0 Å². The number of primary amides is 3. The van der Waals surface area contributed by atoms with E-state index in [-0.39, 0.29) is 119 Å². The highest BCUT2D eigenvalue weighted by Gasteiger charge is 2.42. The third-order valence-corrected chi connectivity index (χ3v) is 16.8. The lowest BCUT2D eigenvalue weighted by Gasteiger charge is -2.31. The first-order valence-corrected chi connectivity index (χ1v) is 35.5. The molecule has 582 valence electrons. The van der Waals surface area contributed by atoms with Crippen LogP contribution in [-0.4, -0.2) is 226 Å². The number of carboxylic acid groups (broad SMARTS) is 2. The number of carbonyl (C=O) groups excluding carboxylic acids is 14. The molecule has 14 amide bonds. The van der Waals surface area contributed by atoms with Crippen molar-refractivity contribution in [2.45, 2.75) is 231 Å². The smallest absolute Gasteiger partial charge is 0.326 e. The molecule has 1 fully saturated rings. The van der Waals surface area contributed by atoms with Gasteiger partial charge in [-0.3, -0.25) is 81.9 Å². The first kappa shape index (κ1) is 91.4. The summed E-state index contributed by atoms with van der Waals surface area (Å²) < 4.78 is 0. The summed E-state index contributed by atoms with van der Waals surface area (Å²) in [4.78, 5) is 226. The zero-order valence-electron chi connectivity index (χ0n) is 60.2. The van der Waals surface area contributed by atoms with Crippen molar-refractivity contribution in [3.05, 3.63) is 0 Å². The van der Waals surface area contributed by atoms with Crippen molar-refractivity contribution in [1.82, 2.24) is 58.1 Å². The zero-order valence-corrected chi connectivity index (χ0v) is 61.0. The normalized spacial score (nSPS) is 16.1. The summed E-state index contributed by atoms with van der Waals surface area (Å²) in [5, 5.41) is 44.0. The fourth-order valence-corrected chi connectivity index (χ4v) is 11.1. The van der Waals surface area contributed by atoms with Crippen LogP contribution < -0.4 is 99.0 Å². The Hall–Kier alpha value is -9.63. The van der Waals surface area contributed by atoms with Crippen molar-refractivity contribution in [2.75, 3.05) is 31.6 Å². The third kappa shape index (κ3) is 35.7. The molecule has 39 nitrogen and oxygen atoms in total. The van der Waals surface area contributed by atoms with Crippen LogP contribution >= 0.6 is 11.8 Å². The Bertz CT molecular complexity index is 3000. The molecule has 0 aliphatic carbocycles. The van der Waals surface area contributed by atoms with Gasteiger partial charge in [-0.05, 0) is 106 Å². The van der Waals surface area contributed by atoms with Crippen LogP contribution in [0.4, 0.5) is 0 Å². The predicted octanol–water partition coefficient (Wildman–Crippen LogP) is -6.23. The van der Waals surface area contributed by atoms with E-state index in [4.69, 9.17) is 45.9 Å². The van der Waals surface area contributed by atoms with E-state index in [0.29, 0.717) is 6.42 Å². The number of nitrogens with zero attached hydrogens (tertiary/aromatic N) is 3. The number of likely N-dealkylation sites (tertiary alicyclic amines) is 1. The van der Waals surface area contributed by atoms with Crippen LogP contribution in [0, 0.1) is 23.7 Å². The minimum absolute atomic E-state index is 0.00494. The molecule has 40 heteroatoms. The van der Waals surface area contributed by atoms with E-state index in [1.165, 1.54) is 11.8 Å². The van der Waals surface area contributed by atoms with E-state index >= 15 is 0 Å². The Kier molecular flexibility index (Phi) is 41.5. The Morgan fingerprint density at radius 2 is 0.796 bits per heavy atom. The lowest BCUT2D eigenvalue weighted by Crippen LogP contribution is -2.61. The summed E-state index contributed by atoms with van der Waals surface area (Å²) in [5.41, 5.74) is 44.8. The van der Waals surface area contributed by atoms with Crippen LogP contribution in [-0.2, 0) is 76.7 Å². The van der Waals surface area contributed by atoms with E-state index in [0.717, 1.165) is 4.90 Å². The Morgan fingerprint density at radius 3 is 1.18 bits per heavy atom. The number of guanidine groups is 2. The molecule has 13 atom stereocenters. The van der Waals surface area contributed by atoms with Gasteiger partial charge in [0.05, 0.1) is 25.3 Å². The monoisotopic (exact) mass is 1480 g/mol. The van der Waals surface area contributed by atoms with Crippen molar-refractivity contribution >= 4 is 118 Å². The SMILES string of the molecule is CC[C@H](C)[C@H](N)C(=O)N[C@@H](CC(C)C)C(=O)N[C@@H](CCSC)C(=O)N[C@@H](CCC(=O)O)C(=O)N[C@@H](CC(N)=O)C(=O)N[C@@H](CC(N)=O)C(=O)N[C@@H](CC(C)C)C(=O)N[C@@H](CCCN=C(N)N)C(=O)N[C@@H](CCCN=C(N)N)C(=O)N1CCC[C@H]1C(=O)N[C@@H](CC(N)=O)C(=O)N[C@@H](CC(C)C)C(=O)O. The average Bonchev–Trinajstić information content (AvgIpc) is 1.75. The maximum absolute atomic E-state index is 14.7. The van der Waals surface area contributed by atoms with E-state index in [1.807, 2.05) is 6.92 Å². The van der Waals surface area contributed by atoms with Crippen molar-refractivity contribution in [3.8, 4) is 0 Å². The minimum atomic E-state index is -2.02. The van der Waals surface area contributed by atoms with E-state index < -0.39 is 205 Å². The molecule has 1 rings (SSSR count). The van der Waals surface area contributed by atoms with Gasteiger partial charge in [0, 0.05) is 26.1 Å². The second-order valence-electron chi connectivity index (χ2n) is 26.6. The van der Waals surface area contributed by atoms with Crippen molar-refractivity contribution in [1.29, 1.82) is 0 Å². The van der Waals surface area contributed by atoms with Crippen LogP contribution in [0.5, 0.6) is 0 Å². The van der Waals surface area contributed by atoms with Gasteiger partial charge in [0.1, 0.15) is 66.5 Å². The molecule has 0 spiro atoms. The number of carbonyl (C=O) groups is 16. The molecule has 0 saturated carbocycles. The summed E-state index contributed by atoms with van der Waals surface area (Å²) in [7, 11) is 0. The zero-order chi connectivity index (χ0) is 78.5. The molecule has 0 unspecified atom stereocenters. The number of hydrogen-bond donors (Lipinski definition) is 20. The molecule has 103 heavy (non-hydrogen) atoms. The van der Waals surface area contributed by atoms with Gasteiger partial charge in [-0.15, -0.1) is 0 Å². The number of thioether (sulfide) groups is 1. The maximum Gasteiger partial charge on any atom is 0.326 e. The highest BCUT2D eigenvalue weighted by molar-refractivity contribution is 7.98.